The summed E-state index contributed by atoms with van der Waals surface area (Å²) in [5.41, 5.74) is 1.04. The second-order valence-corrected chi connectivity index (χ2v) is 8.39. The molecule has 0 spiro atoms. The van der Waals surface area contributed by atoms with Crippen LogP contribution in [-0.2, 0) is 21.3 Å². The molecule has 9 nitrogen and oxygen atoms in total. The molecule has 0 aliphatic rings. The van der Waals surface area contributed by atoms with E-state index in [2.05, 4.69) is 39.4 Å². The van der Waals surface area contributed by atoms with E-state index in [1.165, 1.54) is 7.11 Å². The summed E-state index contributed by atoms with van der Waals surface area (Å²) in [6, 6.07) is 4.59. The number of hydrogen-bond donors (Lipinski definition) is 2. The van der Waals surface area contributed by atoms with Gasteiger partial charge in [-0.3, -0.25) is 9.48 Å². The Hall–Kier alpha value is -4.24. The lowest BCUT2D eigenvalue weighted by molar-refractivity contribution is -0.143. The van der Waals surface area contributed by atoms with Gasteiger partial charge in [0.2, 0.25) is 0 Å². The SMILES string of the molecule is COC(=O)C(NC(=O)c1ccc(C#CC#Cc2cnn(C)c2)cc1)C(C)NC(=O)OC(C)(C)C. The third kappa shape index (κ3) is 8.36. The average molecular weight is 465 g/mol. The van der Waals surface area contributed by atoms with Gasteiger partial charge in [0, 0.05) is 24.4 Å². The van der Waals surface area contributed by atoms with Crippen molar-refractivity contribution < 1.29 is 23.9 Å². The summed E-state index contributed by atoms with van der Waals surface area (Å²) in [6.45, 7) is 6.73. The molecule has 1 aromatic heterocycles. The number of carbonyl (C=O) groups is 3. The van der Waals surface area contributed by atoms with Crippen LogP contribution in [0.4, 0.5) is 4.79 Å². The number of hydrogen-bond acceptors (Lipinski definition) is 6. The lowest BCUT2D eigenvalue weighted by Crippen LogP contribution is -2.55. The van der Waals surface area contributed by atoms with Crippen molar-refractivity contribution in [1.29, 1.82) is 0 Å². The van der Waals surface area contributed by atoms with Crippen LogP contribution in [0.5, 0.6) is 0 Å². The molecule has 0 aliphatic heterocycles. The van der Waals surface area contributed by atoms with Crippen LogP contribution in [0.3, 0.4) is 0 Å². The van der Waals surface area contributed by atoms with Gasteiger partial charge in [-0.05, 0) is 69.7 Å². The number of aromatic nitrogens is 2. The maximum absolute atomic E-state index is 12.7. The molecule has 2 aromatic rings. The highest BCUT2D eigenvalue weighted by Gasteiger charge is 2.30. The minimum Gasteiger partial charge on any atom is -0.467 e. The van der Waals surface area contributed by atoms with Gasteiger partial charge < -0.3 is 20.1 Å². The van der Waals surface area contributed by atoms with Crippen LogP contribution in [0.1, 0.15) is 49.2 Å². The fourth-order valence-corrected chi connectivity index (χ4v) is 2.71. The number of amides is 2. The van der Waals surface area contributed by atoms with Gasteiger partial charge in [-0.1, -0.05) is 5.92 Å². The number of alkyl carbamates (subject to hydrolysis) is 1. The van der Waals surface area contributed by atoms with Crippen LogP contribution in [-0.4, -0.2) is 52.5 Å². The van der Waals surface area contributed by atoms with Crippen molar-refractivity contribution in [2.75, 3.05) is 7.11 Å². The summed E-state index contributed by atoms with van der Waals surface area (Å²) < 4.78 is 11.6. The molecule has 178 valence electrons. The second-order valence-electron chi connectivity index (χ2n) is 8.39. The Morgan fingerprint density at radius 2 is 1.65 bits per heavy atom. The first-order chi connectivity index (χ1) is 16.0. The van der Waals surface area contributed by atoms with Gasteiger partial charge >= 0.3 is 12.1 Å². The van der Waals surface area contributed by atoms with E-state index < -0.39 is 35.7 Å². The summed E-state index contributed by atoms with van der Waals surface area (Å²) in [5.74, 6) is 10.1. The molecule has 9 heteroatoms. The summed E-state index contributed by atoms with van der Waals surface area (Å²) in [6.07, 6.45) is 2.72. The van der Waals surface area contributed by atoms with E-state index in [1.54, 1.807) is 76.1 Å². The van der Waals surface area contributed by atoms with Gasteiger partial charge in [-0.25, -0.2) is 9.59 Å². The summed E-state index contributed by atoms with van der Waals surface area (Å²) in [5, 5.41) is 9.17. The lowest BCUT2D eigenvalue weighted by atomic mass is 10.1. The zero-order chi connectivity index (χ0) is 25.3. The fourth-order valence-electron chi connectivity index (χ4n) is 2.71. The Kier molecular flexibility index (Phi) is 8.86. The predicted molar refractivity (Wildman–Crippen MR) is 126 cm³/mol. The highest BCUT2D eigenvalue weighted by atomic mass is 16.6. The number of aryl methyl sites for hydroxylation is 1. The second kappa shape index (κ2) is 11.6. The monoisotopic (exact) mass is 464 g/mol. The highest BCUT2D eigenvalue weighted by molar-refractivity contribution is 5.97. The van der Waals surface area contributed by atoms with Gasteiger partial charge in [-0.2, -0.15) is 5.10 Å². The smallest absolute Gasteiger partial charge is 0.407 e. The first kappa shape index (κ1) is 26.0. The number of nitrogens with zero attached hydrogens (tertiary/aromatic N) is 2. The van der Waals surface area contributed by atoms with E-state index in [0.717, 1.165) is 5.56 Å². The number of ether oxygens (including phenoxy) is 2. The standard InChI is InChI=1S/C25H28N4O5/c1-17(27-24(32)34-25(2,3)4)21(23(31)33-6)28-22(30)20-13-11-18(12-14-20)9-7-8-10-19-15-26-29(5)16-19/h11-17,21H,1-6H3,(H,27,32)(H,28,30). The van der Waals surface area contributed by atoms with E-state index in [4.69, 9.17) is 9.47 Å². The van der Waals surface area contributed by atoms with E-state index >= 15 is 0 Å². The molecular weight excluding hydrogens is 436 g/mol. The van der Waals surface area contributed by atoms with Crippen LogP contribution >= 0.6 is 0 Å². The van der Waals surface area contributed by atoms with Crippen molar-refractivity contribution in [3.63, 3.8) is 0 Å². The number of rotatable bonds is 5. The number of nitrogens with one attached hydrogen (secondary N) is 2. The van der Waals surface area contributed by atoms with Gasteiger partial charge in [0.25, 0.3) is 5.91 Å². The van der Waals surface area contributed by atoms with Crippen molar-refractivity contribution in [1.82, 2.24) is 20.4 Å². The van der Waals surface area contributed by atoms with Crippen LogP contribution in [0.25, 0.3) is 0 Å². The molecule has 0 saturated heterocycles. The van der Waals surface area contributed by atoms with Gasteiger partial charge in [0.15, 0.2) is 0 Å². The minimum atomic E-state index is -1.12. The number of benzene rings is 1. The van der Waals surface area contributed by atoms with E-state index in [9.17, 15) is 14.4 Å². The topological polar surface area (TPSA) is 112 Å². The van der Waals surface area contributed by atoms with Gasteiger partial charge in [0.05, 0.1) is 24.9 Å². The molecule has 0 fully saturated rings. The van der Waals surface area contributed by atoms with Crippen molar-refractivity contribution in [3.05, 3.63) is 53.3 Å². The maximum atomic E-state index is 12.7. The number of methoxy groups -OCH3 is 1. The molecule has 0 bridgehead atoms. The molecule has 2 atom stereocenters. The Labute approximate surface area is 199 Å². The van der Waals surface area contributed by atoms with E-state index in [-0.39, 0.29) is 0 Å². The van der Waals surface area contributed by atoms with Crippen molar-refractivity contribution >= 4 is 18.0 Å². The third-order valence-electron chi connectivity index (χ3n) is 4.31. The quantitative estimate of drug-likeness (QED) is 0.517. The molecule has 1 aromatic carbocycles. The molecule has 34 heavy (non-hydrogen) atoms. The lowest BCUT2D eigenvalue weighted by Gasteiger charge is -2.26. The summed E-state index contributed by atoms with van der Waals surface area (Å²) in [7, 11) is 3.01. The molecule has 0 radical (unpaired) electrons. The molecule has 2 rings (SSSR count). The summed E-state index contributed by atoms with van der Waals surface area (Å²) >= 11 is 0. The Morgan fingerprint density at radius 3 is 2.18 bits per heavy atom. The molecule has 2 amide bonds. The normalized spacial score (nSPS) is 12.1. The van der Waals surface area contributed by atoms with Crippen molar-refractivity contribution in [2.45, 2.75) is 45.4 Å². The third-order valence-corrected chi connectivity index (χ3v) is 4.31. The van der Waals surface area contributed by atoms with Crippen LogP contribution in [0.15, 0.2) is 36.7 Å². The molecule has 2 N–H and O–H groups in total. The van der Waals surface area contributed by atoms with E-state index in [1.807, 2.05) is 0 Å². The Morgan fingerprint density at radius 1 is 1.03 bits per heavy atom. The van der Waals surface area contributed by atoms with Crippen molar-refractivity contribution in [3.8, 4) is 23.7 Å². The molecule has 1 heterocycles. The van der Waals surface area contributed by atoms with Crippen molar-refractivity contribution in [2.24, 2.45) is 7.05 Å². The maximum Gasteiger partial charge on any atom is 0.407 e. The summed E-state index contributed by atoms with van der Waals surface area (Å²) in [4.78, 5) is 37.0. The number of esters is 1. The zero-order valence-corrected chi connectivity index (χ0v) is 20.1. The molecule has 0 aliphatic carbocycles. The van der Waals surface area contributed by atoms with E-state index in [0.29, 0.717) is 11.1 Å². The molecule has 0 saturated carbocycles. The molecular formula is C25H28N4O5. The average Bonchev–Trinajstić information content (AvgIpc) is 3.18. The van der Waals surface area contributed by atoms with Crippen LogP contribution in [0.2, 0.25) is 0 Å². The largest absolute Gasteiger partial charge is 0.467 e. The predicted octanol–water partition coefficient (Wildman–Crippen LogP) is 2.01. The van der Waals surface area contributed by atoms with Gasteiger partial charge in [0.1, 0.15) is 11.6 Å². The first-order valence-electron chi connectivity index (χ1n) is 10.5. The minimum absolute atomic E-state index is 0.311. The van der Waals surface area contributed by atoms with Crippen LogP contribution in [0, 0.1) is 23.7 Å². The zero-order valence-electron chi connectivity index (χ0n) is 20.1. The number of carbonyl (C=O) groups excluding carboxylic acids is 3. The Balaban J connectivity index is 2.04. The molecule has 2 unspecified atom stereocenters. The fraction of sp³-hybridized carbons (Fsp3) is 0.360. The van der Waals surface area contributed by atoms with Crippen LogP contribution < -0.4 is 10.6 Å². The Bertz CT molecular complexity index is 1150. The van der Waals surface area contributed by atoms with Gasteiger partial charge in [-0.15, -0.1) is 0 Å². The highest BCUT2D eigenvalue weighted by Crippen LogP contribution is 2.09. The first-order valence-corrected chi connectivity index (χ1v) is 10.5.